The number of carbonyl (C=O) groups excluding carboxylic acids is 1. The molecule has 1 N–H and O–H groups in total. The molecule has 0 saturated carbocycles. The second kappa shape index (κ2) is 22.0. The van der Waals surface area contributed by atoms with Crippen LogP contribution in [-0.2, 0) is 37.9 Å². The standard InChI is InChI=1S/C25H50N2O9/c1-25(2,3)36-24(28)27(4)9-10-29-11-12-30-13-14-31-15-16-32-17-18-33-19-20-34-21-22-35-23-5-7-26-8-6-23/h23,26H,5-22H2,1-4H3. The average Bonchev–Trinajstić information content (AvgIpc) is 2.84. The van der Waals surface area contributed by atoms with E-state index in [-0.39, 0.29) is 6.09 Å². The molecule has 0 aromatic rings. The van der Waals surface area contributed by atoms with Gasteiger partial charge < -0.3 is 48.1 Å². The van der Waals surface area contributed by atoms with Gasteiger partial charge in [0, 0.05) is 13.6 Å². The van der Waals surface area contributed by atoms with Gasteiger partial charge in [-0.2, -0.15) is 0 Å². The molecule has 11 heteroatoms. The zero-order chi connectivity index (χ0) is 26.3. The van der Waals surface area contributed by atoms with Crippen molar-refractivity contribution in [3.05, 3.63) is 0 Å². The SMILES string of the molecule is CN(CCOCCOCCOCCOCCOCCOCCOC1CCNCC1)C(=O)OC(C)(C)C. The summed E-state index contributed by atoms with van der Waals surface area (Å²) in [5.74, 6) is 0. The molecule has 0 bridgehead atoms. The largest absolute Gasteiger partial charge is 0.444 e. The van der Waals surface area contributed by atoms with Crippen LogP contribution in [0.5, 0.6) is 0 Å². The average molecular weight is 523 g/mol. The molecule has 0 aliphatic carbocycles. The first-order valence-electron chi connectivity index (χ1n) is 13.1. The summed E-state index contributed by atoms with van der Waals surface area (Å²) < 4.78 is 43.9. The van der Waals surface area contributed by atoms with Crippen LogP contribution >= 0.6 is 0 Å². The summed E-state index contributed by atoms with van der Waals surface area (Å²) in [6.07, 6.45) is 2.18. The van der Waals surface area contributed by atoms with Crippen LogP contribution in [0, 0.1) is 0 Å². The highest BCUT2D eigenvalue weighted by atomic mass is 16.6. The van der Waals surface area contributed by atoms with Crippen LogP contribution in [0.2, 0.25) is 0 Å². The maximum atomic E-state index is 11.8. The minimum absolute atomic E-state index is 0.356. The normalized spacial score (nSPS) is 14.8. The number of carbonyl (C=O) groups is 1. The smallest absolute Gasteiger partial charge is 0.410 e. The molecule has 1 aliphatic rings. The molecule has 0 radical (unpaired) electrons. The van der Waals surface area contributed by atoms with Crippen LogP contribution in [0.4, 0.5) is 4.79 Å². The summed E-state index contributed by atoms with van der Waals surface area (Å²) in [6.45, 7) is 14.9. The Morgan fingerprint density at radius 3 is 1.50 bits per heavy atom. The van der Waals surface area contributed by atoms with Crippen LogP contribution in [0.15, 0.2) is 0 Å². The van der Waals surface area contributed by atoms with Crippen LogP contribution in [-0.4, -0.2) is 135 Å². The lowest BCUT2D eigenvalue weighted by Gasteiger charge is -2.24. The highest BCUT2D eigenvalue weighted by molar-refractivity contribution is 5.67. The molecular formula is C25H50N2O9. The molecule has 1 rings (SSSR count). The maximum Gasteiger partial charge on any atom is 0.410 e. The Balaban J connectivity index is 1.70. The van der Waals surface area contributed by atoms with Gasteiger partial charge in [0.15, 0.2) is 0 Å². The number of ether oxygens (including phenoxy) is 8. The topological polar surface area (TPSA) is 106 Å². The van der Waals surface area contributed by atoms with Gasteiger partial charge in [-0.05, 0) is 46.7 Å². The van der Waals surface area contributed by atoms with Gasteiger partial charge in [-0.15, -0.1) is 0 Å². The molecule has 1 saturated heterocycles. The Morgan fingerprint density at radius 2 is 1.08 bits per heavy atom. The Bertz CT molecular complexity index is 514. The molecule has 0 aromatic carbocycles. The zero-order valence-corrected chi connectivity index (χ0v) is 22.9. The second-order valence-corrected chi connectivity index (χ2v) is 9.40. The van der Waals surface area contributed by atoms with Crippen molar-refractivity contribution in [1.29, 1.82) is 0 Å². The summed E-state index contributed by atoms with van der Waals surface area (Å²) in [7, 11) is 1.69. The number of hydrogen-bond donors (Lipinski definition) is 1. The molecule has 0 spiro atoms. The van der Waals surface area contributed by atoms with Crippen molar-refractivity contribution in [2.24, 2.45) is 0 Å². The van der Waals surface area contributed by atoms with E-state index in [1.807, 2.05) is 20.8 Å². The van der Waals surface area contributed by atoms with Crippen LogP contribution in [0.1, 0.15) is 33.6 Å². The fourth-order valence-electron chi connectivity index (χ4n) is 3.07. The summed E-state index contributed by atoms with van der Waals surface area (Å²) in [4.78, 5) is 13.3. The lowest BCUT2D eigenvalue weighted by Crippen LogP contribution is -2.36. The first kappa shape index (κ1) is 33.0. The van der Waals surface area contributed by atoms with Crippen molar-refractivity contribution in [3.8, 4) is 0 Å². The van der Waals surface area contributed by atoms with E-state index in [0.717, 1.165) is 25.9 Å². The molecule has 36 heavy (non-hydrogen) atoms. The number of likely N-dealkylation sites (N-methyl/N-ethyl adjacent to an activating group) is 1. The molecular weight excluding hydrogens is 472 g/mol. The molecule has 0 aromatic heterocycles. The summed E-state index contributed by atoms with van der Waals surface area (Å²) in [6, 6.07) is 0. The van der Waals surface area contributed by atoms with E-state index in [4.69, 9.17) is 37.9 Å². The third kappa shape index (κ3) is 21.1. The van der Waals surface area contributed by atoms with E-state index >= 15 is 0 Å². The van der Waals surface area contributed by atoms with E-state index in [1.165, 1.54) is 4.90 Å². The van der Waals surface area contributed by atoms with Gasteiger partial charge in [0.25, 0.3) is 0 Å². The third-order valence-electron chi connectivity index (χ3n) is 5.00. The maximum absolute atomic E-state index is 11.8. The first-order chi connectivity index (χ1) is 17.4. The number of nitrogens with one attached hydrogen (secondary N) is 1. The lowest BCUT2D eigenvalue weighted by molar-refractivity contribution is -0.0308. The Hall–Kier alpha value is -1.05. The second-order valence-electron chi connectivity index (χ2n) is 9.40. The molecule has 1 fully saturated rings. The number of nitrogens with zero attached hydrogens (tertiary/aromatic N) is 1. The minimum atomic E-state index is -0.499. The molecule has 214 valence electrons. The van der Waals surface area contributed by atoms with Crippen molar-refractivity contribution in [3.63, 3.8) is 0 Å². The van der Waals surface area contributed by atoms with Crippen LogP contribution in [0.3, 0.4) is 0 Å². The Kier molecular flexibility index (Phi) is 20.1. The molecule has 1 aliphatic heterocycles. The van der Waals surface area contributed by atoms with Gasteiger partial charge in [-0.3, -0.25) is 0 Å². The van der Waals surface area contributed by atoms with Gasteiger partial charge in [-0.1, -0.05) is 0 Å². The fraction of sp³-hybridized carbons (Fsp3) is 0.960. The van der Waals surface area contributed by atoms with E-state index in [1.54, 1.807) is 7.05 Å². The van der Waals surface area contributed by atoms with Gasteiger partial charge in [0.1, 0.15) is 5.60 Å². The minimum Gasteiger partial charge on any atom is -0.444 e. The molecule has 1 heterocycles. The Morgan fingerprint density at radius 1 is 0.694 bits per heavy atom. The molecule has 0 unspecified atom stereocenters. The zero-order valence-electron chi connectivity index (χ0n) is 22.9. The highest BCUT2D eigenvalue weighted by Crippen LogP contribution is 2.09. The van der Waals surface area contributed by atoms with Crippen molar-refractivity contribution in [2.75, 3.05) is 113 Å². The van der Waals surface area contributed by atoms with Gasteiger partial charge in [0.2, 0.25) is 0 Å². The van der Waals surface area contributed by atoms with Crippen molar-refractivity contribution >= 4 is 6.09 Å². The van der Waals surface area contributed by atoms with Crippen molar-refractivity contribution in [2.45, 2.75) is 45.3 Å². The van der Waals surface area contributed by atoms with Crippen molar-refractivity contribution in [1.82, 2.24) is 10.2 Å². The first-order valence-corrected chi connectivity index (χ1v) is 13.1. The van der Waals surface area contributed by atoms with Gasteiger partial charge in [-0.25, -0.2) is 4.79 Å². The van der Waals surface area contributed by atoms with E-state index < -0.39 is 5.60 Å². The fourth-order valence-corrected chi connectivity index (χ4v) is 3.07. The van der Waals surface area contributed by atoms with E-state index in [2.05, 4.69) is 5.32 Å². The van der Waals surface area contributed by atoms with E-state index in [0.29, 0.717) is 98.5 Å². The summed E-state index contributed by atoms with van der Waals surface area (Å²) >= 11 is 0. The number of hydrogen-bond acceptors (Lipinski definition) is 10. The van der Waals surface area contributed by atoms with Crippen LogP contribution in [0.25, 0.3) is 0 Å². The van der Waals surface area contributed by atoms with Crippen molar-refractivity contribution < 1.29 is 42.7 Å². The van der Waals surface area contributed by atoms with Gasteiger partial charge >= 0.3 is 6.09 Å². The number of amides is 1. The summed E-state index contributed by atoms with van der Waals surface area (Å²) in [5, 5.41) is 3.32. The Labute approximate surface area is 217 Å². The quantitative estimate of drug-likeness (QED) is 0.211. The number of piperidine rings is 1. The third-order valence-corrected chi connectivity index (χ3v) is 5.00. The molecule has 0 atom stereocenters. The molecule has 11 nitrogen and oxygen atoms in total. The van der Waals surface area contributed by atoms with Gasteiger partial charge in [0.05, 0.1) is 92.0 Å². The summed E-state index contributed by atoms with van der Waals surface area (Å²) in [5.41, 5.74) is -0.499. The highest BCUT2D eigenvalue weighted by Gasteiger charge is 2.19. The predicted octanol–water partition coefficient (Wildman–Crippen LogP) is 1.72. The number of rotatable bonds is 22. The lowest BCUT2D eigenvalue weighted by atomic mass is 10.1. The predicted molar refractivity (Wildman–Crippen MR) is 136 cm³/mol. The molecule has 1 amide bonds. The monoisotopic (exact) mass is 522 g/mol. The van der Waals surface area contributed by atoms with E-state index in [9.17, 15) is 4.79 Å². The van der Waals surface area contributed by atoms with Crippen LogP contribution < -0.4 is 5.32 Å².